The van der Waals surface area contributed by atoms with Crippen LogP contribution in [0.4, 0.5) is 5.69 Å². The third-order valence-electron chi connectivity index (χ3n) is 3.89. The molecule has 0 aliphatic rings. The molecule has 1 heterocycles. The molecule has 1 aromatic heterocycles. The molecular formula is C17H27N3O. The number of para-hydroxylation sites is 1. The van der Waals surface area contributed by atoms with E-state index in [4.69, 9.17) is 10.2 Å². The zero-order valence-corrected chi connectivity index (χ0v) is 13.6. The Labute approximate surface area is 127 Å². The van der Waals surface area contributed by atoms with Crippen LogP contribution in [0.3, 0.4) is 0 Å². The van der Waals surface area contributed by atoms with Crippen molar-refractivity contribution in [3.05, 3.63) is 24.1 Å². The Morgan fingerprint density at radius 2 is 1.95 bits per heavy atom. The third-order valence-corrected chi connectivity index (χ3v) is 3.89. The summed E-state index contributed by atoms with van der Waals surface area (Å²) in [5.41, 5.74) is 8.19. The Balaban J connectivity index is 2.23. The second kappa shape index (κ2) is 6.94. The summed E-state index contributed by atoms with van der Waals surface area (Å²) in [6.45, 7) is 10.8. The Kier molecular flexibility index (Phi) is 5.23. The van der Waals surface area contributed by atoms with Crippen LogP contribution in [-0.4, -0.2) is 22.5 Å². The van der Waals surface area contributed by atoms with E-state index in [1.165, 1.54) is 0 Å². The molecule has 0 aliphatic carbocycles. The third kappa shape index (κ3) is 3.76. The van der Waals surface area contributed by atoms with Crippen LogP contribution in [0.5, 0.6) is 0 Å². The largest absolute Gasteiger partial charge is 0.439 e. The summed E-state index contributed by atoms with van der Waals surface area (Å²) in [5.74, 6) is 1.38. The Hall–Kier alpha value is -1.55. The number of fused-ring (bicyclic) bond motifs is 1. The van der Waals surface area contributed by atoms with Crippen LogP contribution in [0.2, 0.25) is 0 Å². The van der Waals surface area contributed by atoms with Crippen LogP contribution in [0.1, 0.15) is 46.4 Å². The molecule has 0 spiro atoms. The molecule has 4 heteroatoms. The van der Waals surface area contributed by atoms with Gasteiger partial charge in [0.2, 0.25) is 5.89 Å². The Morgan fingerprint density at radius 3 is 2.52 bits per heavy atom. The number of rotatable bonds is 7. The quantitative estimate of drug-likeness (QED) is 0.781. The van der Waals surface area contributed by atoms with Gasteiger partial charge in [0.15, 0.2) is 5.58 Å². The first-order chi connectivity index (χ1) is 10.0. The summed E-state index contributed by atoms with van der Waals surface area (Å²) in [4.78, 5) is 7.05. The van der Waals surface area contributed by atoms with Gasteiger partial charge in [0.1, 0.15) is 5.52 Å². The topological polar surface area (TPSA) is 55.3 Å². The number of nitrogens with two attached hydrogens (primary N) is 1. The van der Waals surface area contributed by atoms with Gasteiger partial charge in [-0.25, -0.2) is 4.98 Å². The van der Waals surface area contributed by atoms with Gasteiger partial charge < -0.3 is 10.2 Å². The van der Waals surface area contributed by atoms with E-state index >= 15 is 0 Å². The number of benzene rings is 1. The average Bonchev–Trinajstić information content (AvgIpc) is 2.83. The molecule has 0 saturated heterocycles. The molecule has 0 aliphatic heterocycles. The molecule has 2 rings (SSSR count). The molecule has 2 aromatic rings. The lowest BCUT2D eigenvalue weighted by Crippen LogP contribution is -2.36. The standard InChI is InChI=1S/C17H27N3O/c1-5-13(6-2)20(10-12(3)4)11-16-19-17-14(18)8-7-9-15(17)21-16/h7-9,12-13H,5-6,10-11,18H2,1-4H3. The zero-order chi connectivity index (χ0) is 15.4. The van der Waals surface area contributed by atoms with E-state index in [-0.39, 0.29) is 0 Å². The molecule has 0 radical (unpaired) electrons. The first-order valence-corrected chi connectivity index (χ1v) is 7.93. The fourth-order valence-electron chi connectivity index (χ4n) is 2.87. The van der Waals surface area contributed by atoms with Crippen LogP contribution in [0.15, 0.2) is 22.6 Å². The fourth-order valence-corrected chi connectivity index (χ4v) is 2.87. The number of aromatic nitrogens is 1. The first-order valence-electron chi connectivity index (χ1n) is 7.93. The molecule has 116 valence electrons. The molecular weight excluding hydrogens is 262 g/mol. The van der Waals surface area contributed by atoms with E-state index < -0.39 is 0 Å². The van der Waals surface area contributed by atoms with E-state index in [0.717, 1.165) is 42.9 Å². The van der Waals surface area contributed by atoms with E-state index in [9.17, 15) is 0 Å². The highest BCUT2D eigenvalue weighted by atomic mass is 16.3. The molecule has 1 aromatic carbocycles. The van der Waals surface area contributed by atoms with Crippen molar-refractivity contribution in [3.8, 4) is 0 Å². The van der Waals surface area contributed by atoms with Crippen molar-refractivity contribution in [2.75, 3.05) is 12.3 Å². The van der Waals surface area contributed by atoms with Gasteiger partial charge in [-0.3, -0.25) is 4.90 Å². The van der Waals surface area contributed by atoms with Gasteiger partial charge in [-0.05, 0) is 30.9 Å². The summed E-state index contributed by atoms with van der Waals surface area (Å²) in [6, 6.07) is 6.26. The van der Waals surface area contributed by atoms with Gasteiger partial charge in [0.25, 0.3) is 0 Å². The SMILES string of the molecule is CCC(CC)N(Cc1nc2c(N)cccc2o1)CC(C)C. The van der Waals surface area contributed by atoms with Crippen molar-refractivity contribution in [1.82, 2.24) is 9.88 Å². The number of hydrogen-bond acceptors (Lipinski definition) is 4. The maximum absolute atomic E-state index is 5.96. The lowest BCUT2D eigenvalue weighted by molar-refractivity contribution is 0.144. The molecule has 0 unspecified atom stereocenters. The van der Waals surface area contributed by atoms with Crippen molar-refractivity contribution in [1.29, 1.82) is 0 Å². The van der Waals surface area contributed by atoms with Crippen molar-refractivity contribution in [2.45, 2.75) is 53.1 Å². The minimum Gasteiger partial charge on any atom is -0.439 e. The molecule has 0 bridgehead atoms. The highest BCUT2D eigenvalue weighted by Crippen LogP contribution is 2.23. The summed E-state index contributed by atoms with van der Waals surface area (Å²) in [7, 11) is 0. The lowest BCUT2D eigenvalue weighted by atomic mass is 10.1. The fraction of sp³-hybridized carbons (Fsp3) is 0.588. The summed E-state index contributed by atoms with van der Waals surface area (Å²) < 4.78 is 5.87. The monoisotopic (exact) mass is 289 g/mol. The number of nitrogen functional groups attached to an aromatic ring is 1. The van der Waals surface area contributed by atoms with Crippen molar-refractivity contribution >= 4 is 16.8 Å². The molecule has 0 saturated carbocycles. The second-order valence-electron chi connectivity index (χ2n) is 6.10. The number of anilines is 1. The Morgan fingerprint density at radius 1 is 1.24 bits per heavy atom. The number of oxazole rings is 1. The lowest BCUT2D eigenvalue weighted by Gasteiger charge is -2.30. The smallest absolute Gasteiger partial charge is 0.209 e. The molecule has 0 fully saturated rings. The van der Waals surface area contributed by atoms with E-state index in [1.54, 1.807) is 0 Å². The van der Waals surface area contributed by atoms with Crippen molar-refractivity contribution < 1.29 is 4.42 Å². The molecule has 21 heavy (non-hydrogen) atoms. The van der Waals surface area contributed by atoms with E-state index in [1.807, 2.05) is 18.2 Å². The van der Waals surface area contributed by atoms with Crippen LogP contribution < -0.4 is 5.73 Å². The van der Waals surface area contributed by atoms with Crippen molar-refractivity contribution in [3.63, 3.8) is 0 Å². The van der Waals surface area contributed by atoms with Crippen molar-refractivity contribution in [2.24, 2.45) is 5.92 Å². The van der Waals surface area contributed by atoms with E-state index in [2.05, 4.69) is 37.6 Å². The summed E-state index contributed by atoms with van der Waals surface area (Å²) in [5, 5.41) is 0. The highest BCUT2D eigenvalue weighted by Gasteiger charge is 2.19. The molecule has 0 amide bonds. The van der Waals surface area contributed by atoms with Gasteiger partial charge in [-0.2, -0.15) is 0 Å². The van der Waals surface area contributed by atoms with Crippen LogP contribution in [-0.2, 0) is 6.54 Å². The first kappa shape index (κ1) is 15.8. The zero-order valence-electron chi connectivity index (χ0n) is 13.6. The predicted octanol–water partition coefficient (Wildman–Crippen LogP) is 4.06. The van der Waals surface area contributed by atoms with Gasteiger partial charge >= 0.3 is 0 Å². The minimum absolute atomic E-state index is 0.569. The summed E-state index contributed by atoms with van der Waals surface area (Å²) in [6.07, 6.45) is 2.29. The molecule has 2 N–H and O–H groups in total. The van der Waals surface area contributed by atoms with Gasteiger partial charge in [-0.15, -0.1) is 0 Å². The van der Waals surface area contributed by atoms with Gasteiger partial charge in [0.05, 0.1) is 12.2 Å². The number of nitrogens with zero attached hydrogens (tertiary/aromatic N) is 2. The summed E-state index contributed by atoms with van der Waals surface area (Å²) >= 11 is 0. The van der Waals surface area contributed by atoms with Gasteiger partial charge in [0, 0.05) is 12.6 Å². The molecule has 0 atom stereocenters. The molecule has 4 nitrogen and oxygen atoms in total. The minimum atomic E-state index is 0.569. The van der Waals surface area contributed by atoms with Gasteiger partial charge in [-0.1, -0.05) is 33.8 Å². The normalized spacial score (nSPS) is 12.1. The number of hydrogen-bond donors (Lipinski definition) is 1. The average molecular weight is 289 g/mol. The van der Waals surface area contributed by atoms with Crippen LogP contribution >= 0.6 is 0 Å². The maximum Gasteiger partial charge on any atom is 0.209 e. The van der Waals surface area contributed by atoms with E-state index in [0.29, 0.717) is 17.6 Å². The van der Waals surface area contributed by atoms with Crippen LogP contribution in [0.25, 0.3) is 11.1 Å². The highest BCUT2D eigenvalue weighted by molar-refractivity contribution is 5.85. The second-order valence-corrected chi connectivity index (χ2v) is 6.10. The Bertz CT molecular complexity index is 572. The predicted molar refractivity (Wildman–Crippen MR) is 88.0 cm³/mol. The van der Waals surface area contributed by atoms with Crippen LogP contribution in [0, 0.1) is 5.92 Å². The maximum atomic E-state index is 5.96.